The van der Waals surface area contributed by atoms with Gasteiger partial charge in [0.25, 0.3) is 0 Å². The van der Waals surface area contributed by atoms with E-state index in [4.69, 9.17) is 16.3 Å². The smallest absolute Gasteiger partial charge is 0.374 e. The highest BCUT2D eigenvalue weighted by Crippen LogP contribution is 2.53. The molecule has 0 aliphatic carbocycles. The van der Waals surface area contributed by atoms with E-state index in [0.717, 1.165) is 31.3 Å². The molecule has 262 valence electrons. The molecule has 0 saturated carbocycles. The van der Waals surface area contributed by atoms with Crippen molar-refractivity contribution in [3.05, 3.63) is 69.6 Å². The number of nitrogens with zero attached hydrogens (tertiary/aromatic N) is 5. The minimum Gasteiger partial charge on any atom is -0.374 e. The largest absolute Gasteiger partial charge is 0.416 e. The number of halogens is 6. The Labute approximate surface area is 283 Å². The lowest BCUT2D eigenvalue weighted by molar-refractivity contribution is -0.137. The summed E-state index contributed by atoms with van der Waals surface area (Å²) in [6.07, 6.45) is -4.30. The van der Waals surface area contributed by atoms with Gasteiger partial charge in [0.05, 0.1) is 35.4 Å². The Morgan fingerprint density at radius 2 is 1.75 bits per heavy atom. The van der Waals surface area contributed by atoms with Crippen LogP contribution in [0.1, 0.15) is 33.3 Å². The van der Waals surface area contributed by atoms with Crippen molar-refractivity contribution in [2.45, 2.75) is 68.4 Å². The molecular formula is C33H39ClF5N5O3S. The molecule has 1 fully saturated rings. The molecule has 1 amide bonds. The van der Waals surface area contributed by atoms with Crippen LogP contribution in [0.3, 0.4) is 0 Å². The molecule has 0 bridgehead atoms. The summed E-state index contributed by atoms with van der Waals surface area (Å²) >= 11 is 6.11. The lowest BCUT2D eigenvalue weighted by Crippen LogP contribution is -2.58. The highest BCUT2D eigenvalue weighted by atomic mass is 35.5. The van der Waals surface area contributed by atoms with E-state index in [-0.39, 0.29) is 81.5 Å². The predicted molar refractivity (Wildman–Crippen MR) is 178 cm³/mol. The lowest BCUT2D eigenvalue weighted by Gasteiger charge is -2.44. The van der Waals surface area contributed by atoms with Crippen LogP contribution in [0.25, 0.3) is 10.9 Å². The van der Waals surface area contributed by atoms with Gasteiger partial charge in [0.15, 0.2) is 0 Å². The molecule has 4 atom stereocenters. The fraction of sp³-hybridized carbons (Fsp3) is 0.485. The summed E-state index contributed by atoms with van der Waals surface area (Å²) in [6, 6.07) is 2.91. The van der Waals surface area contributed by atoms with Gasteiger partial charge in [-0.05, 0) is 51.2 Å². The van der Waals surface area contributed by atoms with Crippen LogP contribution in [0.15, 0.2) is 51.5 Å². The lowest BCUT2D eigenvalue weighted by atomic mass is 10.1. The maximum atomic E-state index is 15.6. The number of ether oxygens (including phenoxy) is 1. The second kappa shape index (κ2) is 14.3. The summed E-state index contributed by atoms with van der Waals surface area (Å²) in [7, 11) is -2.00. The first-order valence-electron chi connectivity index (χ1n) is 15.8. The molecular weight excluding hydrogens is 677 g/mol. The molecule has 15 heteroatoms. The number of thiol groups is 1. The van der Waals surface area contributed by atoms with Crippen LogP contribution in [0.5, 0.6) is 0 Å². The molecule has 1 aromatic heterocycles. The third-order valence-electron chi connectivity index (χ3n) is 9.01. The molecule has 5 rings (SSSR count). The van der Waals surface area contributed by atoms with Gasteiger partial charge in [0.1, 0.15) is 17.5 Å². The van der Waals surface area contributed by atoms with Gasteiger partial charge < -0.3 is 19.4 Å². The van der Waals surface area contributed by atoms with Gasteiger partial charge in [-0.25, -0.2) is 13.6 Å². The van der Waals surface area contributed by atoms with Gasteiger partial charge >= 0.3 is 11.9 Å². The Bertz CT molecular complexity index is 1760. The summed E-state index contributed by atoms with van der Waals surface area (Å²) in [4.78, 5) is 36.3. The van der Waals surface area contributed by atoms with Crippen LogP contribution >= 0.6 is 22.5 Å². The molecule has 8 nitrogen and oxygen atoms in total. The molecule has 2 aliphatic rings. The second-order valence-corrected chi connectivity index (χ2v) is 14.7. The Morgan fingerprint density at radius 3 is 2.35 bits per heavy atom. The standard InChI is InChI=1S/C33H39ClF5N5O3S/c1-6-29(45)44-19(4)15-42(16-20(44)5)31-23-11-21(33(37,38)39)12-28-30(23)43(32(46)40-31)17-22(47-10-9-41(7-2)8-3)18-48(28)27-13-24(34)25(35)14-26(27)36/h6,11-14,19-20,22,48H,1,7-10,15-18H2,2-5H3/t19-,20+,22-/m0/s1. The third-order valence-corrected chi connectivity index (χ3v) is 11.9. The highest BCUT2D eigenvalue weighted by molar-refractivity contribution is 8.17. The fourth-order valence-corrected chi connectivity index (χ4v) is 9.62. The van der Waals surface area contributed by atoms with E-state index >= 15 is 4.39 Å². The summed E-state index contributed by atoms with van der Waals surface area (Å²) in [5, 5.41) is -0.310. The van der Waals surface area contributed by atoms with Crippen LogP contribution in [-0.4, -0.2) is 88.5 Å². The van der Waals surface area contributed by atoms with Crippen molar-refractivity contribution >= 4 is 45.1 Å². The fourth-order valence-electron chi connectivity index (χ4n) is 6.70. The number of hydrogen-bond donors (Lipinski definition) is 1. The summed E-state index contributed by atoms with van der Waals surface area (Å²) in [6.45, 7) is 13.9. The van der Waals surface area contributed by atoms with E-state index in [0.29, 0.717) is 12.6 Å². The van der Waals surface area contributed by atoms with Crippen molar-refractivity contribution in [2.75, 3.05) is 50.0 Å². The molecule has 3 aromatic rings. The molecule has 2 aromatic carbocycles. The molecule has 48 heavy (non-hydrogen) atoms. The number of carbonyl (C=O) groups excluding carboxylic acids is 1. The first-order valence-corrected chi connectivity index (χ1v) is 17.7. The van der Waals surface area contributed by atoms with Gasteiger partial charge in [0, 0.05) is 58.7 Å². The monoisotopic (exact) mass is 715 g/mol. The average molecular weight is 716 g/mol. The number of aromatic nitrogens is 2. The number of rotatable bonds is 9. The maximum absolute atomic E-state index is 15.6. The van der Waals surface area contributed by atoms with Crippen molar-refractivity contribution in [1.29, 1.82) is 0 Å². The first kappa shape index (κ1) is 36.1. The van der Waals surface area contributed by atoms with E-state index in [9.17, 15) is 27.2 Å². The number of benzene rings is 2. The SMILES string of the molecule is C=CC(=O)N1[C@H](C)CN(c2nc(=O)n3c4c(cc(C(F)(F)F)cc24)[SH](c2cc(Cl)c(F)cc2F)C[C@@H](OCCN(CC)CC)C3)C[C@@H]1C. The first-order chi connectivity index (χ1) is 22.7. The second-order valence-electron chi connectivity index (χ2n) is 12.1. The normalized spacial score (nSPS) is 22.3. The van der Waals surface area contributed by atoms with E-state index in [2.05, 4.69) is 16.5 Å². The average Bonchev–Trinajstić information content (AvgIpc) is 3.19. The van der Waals surface area contributed by atoms with Crippen LogP contribution in [0.4, 0.5) is 27.8 Å². The quantitative estimate of drug-likeness (QED) is 0.125. The zero-order valence-corrected chi connectivity index (χ0v) is 28.8. The molecule has 1 unspecified atom stereocenters. The van der Waals surface area contributed by atoms with Crippen molar-refractivity contribution in [3.63, 3.8) is 0 Å². The van der Waals surface area contributed by atoms with Gasteiger partial charge in [0.2, 0.25) is 5.91 Å². The van der Waals surface area contributed by atoms with Gasteiger partial charge in [-0.3, -0.25) is 9.36 Å². The van der Waals surface area contributed by atoms with Gasteiger partial charge in [-0.15, -0.1) is 0 Å². The molecule has 0 spiro atoms. The molecule has 0 N–H and O–H groups in total. The van der Waals surface area contributed by atoms with Crippen LogP contribution in [0, 0.1) is 11.6 Å². The van der Waals surface area contributed by atoms with E-state index in [1.54, 1.807) is 23.6 Å². The van der Waals surface area contributed by atoms with Gasteiger partial charge in [-0.1, -0.05) is 32.0 Å². The Kier molecular flexibility index (Phi) is 10.8. The molecule has 0 radical (unpaired) electrons. The molecule has 2 aliphatic heterocycles. The number of anilines is 1. The number of hydrogen-bond acceptors (Lipinski definition) is 6. The predicted octanol–water partition coefficient (Wildman–Crippen LogP) is 6.12. The van der Waals surface area contributed by atoms with Crippen LogP contribution < -0.4 is 10.6 Å². The summed E-state index contributed by atoms with van der Waals surface area (Å²) in [5.41, 5.74) is -1.51. The van der Waals surface area contributed by atoms with E-state index in [1.165, 1.54) is 10.6 Å². The Hall–Kier alpha value is -3.20. The Balaban J connectivity index is 1.73. The van der Waals surface area contributed by atoms with Crippen molar-refractivity contribution in [3.8, 4) is 0 Å². The maximum Gasteiger partial charge on any atom is 0.416 e. The minimum atomic E-state index is -4.80. The Morgan fingerprint density at radius 1 is 1.08 bits per heavy atom. The molecule has 1 saturated heterocycles. The zero-order valence-electron chi connectivity index (χ0n) is 27.2. The van der Waals surface area contributed by atoms with Crippen molar-refractivity contribution in [1.82, 2.24) is 19.4 Å². The highest BCUT2D eigenvalue weighted by Gasteiger charge is 2.38. The summed E-state index contributed by atoms with van der Waals surface area (Å²) < 4.78 is 81.3. The molecule has 3 heterocycles. The number of piperazine rings is 1. The topological polar surface area (TPSA) is 70.9 Å². The number of amides is 1. The third kappa shape index (κ3) is 7.08. The van der Waals surface area contributed by atoms with Gasteiger partial charge in [-0.2, -0.15) is 29.1 Å². The summed E-state index contributed by atoms with van der Waals surface area (Å²) in [5.74, 6) is -2.14. The van der Waals surface area contributed by atoms with Crippen molar-refractivity contribution in [2.24, 2.45) is 0 Å². The van der Waals surface area contributed by atoms with Crippen LogP contribution in [0.2, 0.25) is 5.02 Å². The number of alkyl halides is 3. The minimum absolute atomic E-state index is 0.0384. The number of likely N-dealkylation sites (N-methyl/N-ethyl adjacent to an activating group) is 1. The zero-order chi connectivity index (χ0) is 35.1. The number of carbonyl (C=O) groups is 1. The van der Waals surface area contributed by atoms with E-state index in [1.807, 2.05) is 13.8 Å². The van der Waals surface area contributed by atoms with Crippen molar-refractivity contribution < 1.29 is 31.5 Å². The van der Waals surface area contributed by atoms with E-state index < -0.39 is 46.1 Å². The van der Waals surface area contributed by atoms with Crippen LogP contribution in [-0.2, 0) is 22.3 Å².